The molecule has 1 aromatic carbocycles. The van der Waals surface area contributed by atoms with E-state index in [0.717, 1.165) is 17.5 Å². The molecule has 2 saturated carbocycles. The van der Waals surface area contributed by atoms with Gasteiger partial charge in [0.25, 0.3) is 0 Å². The summed E-state index contributed by atoms with van der Waals surface area (Å²) in [4.78, 5) is 12.3. The zero-order valence-electron chi connectivity index (χ0n) is 12.6. The molecule has 3 rings (SSSR count). The summed E-state index contributed by atoms with van der Waals surface area (Å²) < 4.78 is 0. The Bertz CT molecular complexity index is 494. The monoisotopic (exact) mass is 271 g/mol. The van der Waals surface area contributed by atoms with E-state index in [9.17, 15) is 4.79 Å². The maximum atomic E-state index is 12.3. The van der Waals surface area contributed by atoms with Gasteiger partial charge in [0.15, 0.2) is 0 Å². The van der Waals surface area contributed by atoms with Gasteiger partial charge in [-0.05, 0) is 54.6 Å². The minimum atomic E-state index is 0.204. The van der Waals surface area contributed by atoms with Crippen molar-refractivity contribution in [2.45, 2.75) is 51.9 Å². The van der Waals surface area contributed by atoms with Crippen molar-refractivity contribution in [3.8, 4) is 0 Å². The maximum Gasteiger partial charge on any atom is 0.224 e. The summed E-state index contributed by atoms with van der Waals surface area (Å²) >= 11 is 0. The predicted molar refractivity (Wildman–Crippen MR) is 82.7 cm³/mol. The Labute approximate surface area is 122 Å². The molecule has 0 aliphatic heterocycles. The number of hydrogen-bond donors (Lipinski definition) is 1. The summed E-state index contributed by atoms with van der Waals surface area (Å²) in [5.74, 6) is 3.02. The van der Waals surface area contributed by atoms with Crippen molar-refractivity contribution in [1.29, 1.82) is 0 Å². The van der Waals surface area contributed by atoms with Crippen LogP contribution in [0.3, 0.4) is 0 Å². The zero-order chi connectivity index (χ0) is 14.1. The van der Waals surface area contributed by atoms with Crippen LogP contribution in [0.5, 0.6) is 0 Å². The van der Waals surface area contributed by atoms with Crippen molar-refractivity contribution in [2.24, 2.45) is 17.8 Å². The lowest BCUT2D eigenvalue weighted by Gasteiger charge is -2.21. The first-order chi connectivity index (χ1) is 9.63. The Morgan fingerprint density at radius 1 is 1.25 bits per heavy atom. The fourth-order valence-electron chi connectivity index (χ4n) is 4.18. The third-order valence-corrected chi connectivity index (χ3v) is 5.19. The third kappa shape index (κ3) is 2.74. The summed E-state index contributed by atoms with van der Waals surface area (Å²) in [6.07, 6.45) is 6.13. The van der Waals surface area contributed by atoms with Gasteiger partial charge in [-0.1, -0.05) is 38.5 Å². The number of carbonyl (C=O) groups excluding carboxylic acids is 1. The van der Waals surface area contributed by atoms with Crippen molar-refractivity contribution in [1.82, 2.24) is 0 Å². The Balaban J connectivity index is 1.62. The number of nitrogens with one attached hydrogen (secondary N) is 1. The van der Waals surface area contributed by atoms with Gasteiger partial charge in [0.2, 0.25) is 5.91 Å². The van der Waals surface area contributed by atoms with E-state index < -0.39 is 0 Å². The highest BCUT2D eigenvalue weighted by Crippen LogP contribution is 2.49. The molecular formula is C18H25NO. The highest BCUT2D eigenvalue weighted by Gasteiger charge is 2.40. The zero-order valence-corrected chi connectivity index (χ0v) is 12.6. The van der Waals surface area contributed by atoms with Gasteiger partial charge in [-0.25, -0.2) is 0 Å². The van der Waals surface area contributed by atoms with E-state index in [1.807, 2.05) is 18.2 Å². The highest BCUT2D eigenvalue weighted by molar-refractivity contribution is 5.91. The standard InChI is InChI=1S/C18H25NO/c1-12(2)16-5-3-4-6-17(16)19-18(20)11-15-10-13-7-8-14(15)9-13/h3-6,12-15H,7-11H2,1-2H3,(H,19,20)/t13-,14-,15+/m1/s1. The molecule has 1 amide bonds. The number of rotatable bonds is 4. The average Bonchev–Trinajstić information content (AvgIpc) is 3.01. The molecule has 1 aromatic rings. The Hall–Kier alpha value is -1.31. The first-order valence-electron chi connectivity index (χ1n) is 8.02. The molecule has 0 radical (unpaired) electrons. The molecule has 1 N–H and O–H groups in total. The van der Waals surface area contributed by atoms with Crippen LogP contribution in [0.4, 0.5) is 5.69 Å². The molecule has 2 aliphatic rings. The molecule has 20 heavy (non-hydrogen) atoms. The quantitative estimate of drug-likeness (QED) is 0.853. The van der Waals surface area contributed by atoms with Crippen LogP contribution in [-0.2, 0) is 4.79 Å². The normalized spacial score (nSPS) is 28.1. The van der Waals surface area contributed by atoms with Gasteiger partial charge in [0.1, 0.15) is 0 Å². The molecule has 0 heterocycles. The SMILES string of the molecule is CC(C)c1ccccc1NC(=O)C[C@@H]1C[C@@H]2CC[C@@H]1C2. The lowest BCUT2D eigenvalue weighted by molar-refractivity contribution is -0.117. The summed E-state index contributed by atoms with van der Waals surface area (Å²) in [6.45, 7) is 4.34. The summed E-state index contributed by atoms with van der Waals surface area (Å²) in [6, 6.07) is 8.17. The van der Waals surface area contributed by atoms with E-state index >= 15 is 0 Å². The smallest absolute Gasteiger partial charge is 0.224 e. The molecule has 2 aliphatic carbocycles. The fraction of sp³-hybridized carbons (Fsp3) is 0.611. The fourth-order valence-corrected chi connectivity index (χ4v) is 4.18. The largest absolute Gasteiger partial charge is 0.326 e. The van der Waals surface area contributed by atoms with Crippen molar-refractivity contribution in [2.75, 3.05) is 5.32 Å². The topological polar surface area (TPSA) is 29.1 Å². The number of hydrogen-bond acceptors (Lipinski definition) is 1. The molecule has 3 atom stereocenters. The van der Waals surface area contributed by atoms with E-state index in [1.54, 1.807) is 0 Å². The van der Waals surface area contributed by atoms with Gasteiger partial charge >= 0.3 is 0 Å². The number of anilines is 1. The van der Waals surface area contributed by atoms with E-state index in [4.69, 9.17) is 0 Å². The second-order valence-electron chi connectivity index (χ2n) is 6.93. The molecular weight excluding hydrogens is 246 g/mol. The highest BCUT2D eigenvalue weighted by atomic mass is 16.1. The third-order valence-electron chi connectivity index (χ3n) is 5.19. The van der Waals surface area contributed by atoms with Crippen LogP contribution in [0.15, 0.2) is 24.3 Å². The first-order valence-corrected chi connectivity index (χ1v) is 8.02. The number of benzene rings is 1. The Kier molecular flexibility index (Phi) is 3.82. The minimum Gasteiger partial charge on any atom is -0.326 e. The second-order valence-corrected chi connectivity index (χ2v) is 6.93. The van der Waals surface area contributed by atoms with Crippen molar-refractivity contribution in [3.05, 3.63) is 29.8 Å². The Morgan fingerprint density at radius 3 is 2.70 bits per heavy atom. The van der Waals surface area contributed by atoms with Crippen LogP contribution >= 0.6 is 0 Å². The number of amides is 1. The number of carbonyl (C=O) groups is 1. The lowest BCUT2D eigenvalue weighted by atomic mass is 9.86. The molecule has 2 heteroatoms. The van der Waals surface area contributed by atoms with Crippen LogP contribution in [0.2, 0.25) is 0 Å². The van der Waals surface area contributed by atoms with Crippen molar-refractivity contribution >= 4 is 11.6 Å². The van der Waals surface area contributed by atoms with Gasteiger partial charge < -0.3 is 5.32 Å². The molecule has 0 unspecified atom stereocenters. The van der Waals surface area contributed by atoms with Gasteiger partial charge in [0, 0.05) is 12.1 Å². The van der Waals surface area contributed by atoms with Gasteiger partial charge in [-0.2, -0.15) is 0 Å². The van der Waals surface area contributed by atoms with E-state index in [1.165, 1.54) is 31.2 Å². The molecule has 2 fully saturated rings. The second kappa shape index (κ2) is 5.59. The average molecular weight is 271 g/mol. The molecule has 0 spiro atoms. The number of fused-ring (bicyclic) bond motifs is 2. The molecule has 2 nitrogen and oxygen atoms in total. The van der Waals surface area contributed by atoms with Crippen LogP contribution in [-0.4, -0.2) is 5.91 Å². The summed E-state index contributed by atoms with van der Waals surface area (Å²) in [5, 5.41) is 3.14. The minimum absolute atomic E-state index is 0.204. The molecule has 0 saturated heterocycles. The van der Waals surface area contributed by atoms with E-state index in [2.05, 4.69) is 25.2 Å². The molecule has 2 bridgehead atoms. The number of para-hydroxylation sites is 1. The summed E-state index contributed by atoms with van der Waals surface area (Å²) in [5.41, 5.74) is 2.23. The first kappa shape index (κ1) is 13.7. The van der Waals surface area contributed by atoms with Crippen LogP contribution in [0, 0.1) is 17.8 Å². The molecule has 0 aromatic heterocycles. The van der Waals surface area contributed by atoms with Crippen LogP contribution in [0.1, 0.15) is 57.4 Å². The predicted octanol–water partition coefficient (Wildman–Crippen LogP) is 4.57. The molecule has 108 valence electrons. The van der Waals surface area contributed by atoms with Crippen LogP contribution < -0.4 is 5.32 Å². The summed E-state index contributed by atoms with van der Waals surface area (Å²) in [7, 11) is 0. The van der Waals surface area contributed by atoms with Gasteiger partial charge in [-0.15, -0.1) is 0 Å². The van der Waals surface area contributed by atoms with Crippen molar-refractivity contribution < 1.29 is 4.79 Å². The van der Waals surface area contributed by atoms with Crippen molar-refractivity contribution in [3.63, 3.8) is 0 Å². The van der Waals surface area contributed by atoms with E-state index in [-0.39, 0.29) is 5.91 Å². The lowest BCUT2D eigenvalue weighted by Crippen LogP contribution is -2.20. The van der Waals surface area contributed by atoms with Gasteiger partial charge in [0.05, 0.1) is 0 Å². The maximum absolute atomic E-state index is 12.3. The van der Waals surface area contributed by atoms with E-state index in [0.29, 0.717) is 18.3 Å². The van der Waals surface area contributed by atoms with Gasteiger partial charge in [-0.3, -0.25) is 4.79 Å². The Morgan fingerprint density at radius 2 is 2.05 bits per heavy atom. The van der Waals surface area contributed by atoms with Crippen LogP contribution in [0.25, 0.3) is 0 Å².